The van der Waals surface area contributed by atoms with Gasteiger partial charge in [-0.25, -0.2) is 4.79 Å². The quantitative estimate of drug-likeness (QED) is 0.272. The lowest BCUT2D eigenvalue weighted by atomic mass is 10.1. The van der Waals surface area contributed by atoms with Gasteiger partial charge >= 0.3 is 17.9 Å². The molecule has 11 heteroatoms. The van der Waals surface area contributed by atoms with Gasteiger partial charge in [-0.2, -0.15) is 0 Å². The predicted octanol–water partition coefficient (Wildman–Crippen LogP) is 1.29. The highest BCUT2D eigenvalue weighted by Gasteiger charge is 2.41. The Balaban J connectivity index is 2.25. The van der Waals surface area contributed by atoms with Crippen LogP contribution < -0.4 is 0 Å². The van der Waals surface area contributed by atoms with Gasteiger partial charge in [0.25, 0.3) is 5.91 Å². The van der Waals surface area contributed by atoms with Gasteiger partial charge in [0, 0.05) is 32.7 Å². The third-order valence-corrected chi connectivity index (χ3v) is 6.41. The fourth-order valence-corrected chi connectivity index (χ4v) is 4.76. The number of rotatable bonds is 6. The van der Waals surface area contributed by atoms with Crippen LogP contribution >= 0.6 is 0 Å². The van der Waals surface area contributed by atoms with Crippen molar-refractivity contribution in [3.8, 4) is 0 Å². The molecule has 0 aromatic carbocycles. The first-order valence-electron chi connectivity index (χ1n) is 14.0. The Labute approximate surface area is 234 Å². The van der Waals surface area contributed by atoms with E-state index in [9.17, 15) is 19.2 Å². The minimum absolute atomic E-state index is 0.0266. The monoisotopic (exact) mass is 555 g/mol. The van der Waals surface area contributed by atoms with Crippen LogP contribution in [0.2, 0.25) is 0 Å². The molecule has 1 atom stereocenters. The van der Waals surface area contributed by atoms with Crippen LogP contribution in [-0.2, 0) is 33.4 Å². The standard InChI is InChI=1S/C28H51N4O7/c1-26(2,3)37-23(34)18-29-10-11-30(19-24(35)38-27(4,5)6)14-16-32(21-25(36)39-28(7,8)9)17-15-31(13-12-29)22(33)20-32/h10-21H2,1-9H3/q+1. The van der Waals surface area contributed by atoms with E-state index in [2.05, 4.69) is 0 Å². The molecule has 39 heavy (non-hydrogen) atoms. The second-order valence-electron chi connectivity index (χ2n) is 13.8. The number of carbonyl (C=O) groups excluding carboxylic acids is 4. The molecule has 11 nitrogen and oxygen atoms in total. The first-order valence-corrected chi connectivity index (χ1v) is 14.0. The van der Waals surface area contributed by atoms with Crippen LogP contribution in [0.4, 0.5) is 0 Å². The molecule has 0 N–H and O–H groups in total. The summed E-state index contributed by atoms with van der Waals surface area (Å²) in [5, 5.41) is 0. The van der Waals surface area contributed by atoms with Gasteiger partial charge in [0.15, 0.2) is 13.1 Å². The van der Waals surface area contributed by atoms with Gasteiger partial charge in [-0.05, 0) is 62.3 Å². The van der Waals surface area contributed by atoms with E-state index in [1.54, 1.807) is 0 Å². The fourth-order valence-electron chi connectivity index (χ4n) is 4.76. The van der Waals surface area contributed by atoms with Gasteiger partial charge in [0.05, 0.1) is 32.7 Å². The molecule has 3 rings (SSSR count). The fraction of sp³-hybridized carbons (Fsp3) is 0.857. The van der Waals surface area contributed by atoms with E-state index in [0.717, 1.165) is 0 Å². The first-order chi connectivity index (χ1) is 17.7. The Hall–Kier alpha value is -2.24. The summed E-state index contributed by atoms with van der Waals surface area (Å²) in [4.78, 5) is 57.2. The molecule has 1 unspecified atom stereocenters. The minimum atomic E-state index is -0.617. The van der Waals surface area contributed by atoms with Crippen molar-refractivity contribution >= 4 is 23.8 Å². The van der Waals surface area contributed by atoms with Crippen molar-refractivity contribution in [1.29, 1.82) is 0 Å². The van der Waals surface area contributed by atoms with Crippen LogP contribution in [0.3, 0.4) is 0 Å². The first kappa shape index (κ1) is 33.0. The number of fused-ring (bicyclic) bond motifs is 9. The number of quaternary nitrogens is 1. The second kappa shape index (κ2) is 13.0. The zero-order valence-corrected chi connectivity index (χ0v) is 25.6. The summed E-state index contributed by atoms with van der Waals surface area (Å²) in [5.74, 6) is -1.03. The molecule has 0 radical (unpaired) electrons. The SMILES string of the molecule is CC(C)(C)OC(=O)CN1CCN(CC(=O)OC(C)(C)C)CC[N+]2(CC(=O)OC(C)(C)C)CCN(CC1)C(=O)C2. The number of esters is 3. The summed E-state index contributed by atoms with van der Waals surface area (Å²) < 4.78 is 17.0. The van der Waals surface area contributed by atoms with E-state index in [1.807, 2.05) is 77.0 Å². The van der Waals surface area contributed by atoms with Gasteiger partial charge in [-0.3, -0.25) is 24.2 Å². The van der Waals surface area contributed by atoms with Crippen molar-refractivity contribution in [2.45, 2.75) is 79.1 Å². The normalized spacial score (nSPS) is 22.6. The summed E-state index contributed by atoms with van der Waals surface area (Å²) in [6, 6.07) is 0. The molecular weight excluding hydrogens is 504 g/mol. The van der Waals surface area contributed by atoms with Crippen LogP contribution in [0.25, 0.3) is 0 Å². The minimum Gasteiger partial charge on any atom is -0.459 e. The molecule has 3 aliphatic heterocycles. The lowest BCUT2D eigenvalue weighted by Crippen LogP contribution is -2.66. The van der Waals surface area contributed by atoms with Gasteiger partial charge in [-0.1, -0.05) is 0 Å². The van der Waals surface area contributed by atoms with E-state index in [-0.39, 0.29) is 54.5 Å². The second-order valence-corrected chi connectivity index (χ2v) is 13.8. The molecule has 3 heterocycles. The molecule has 0 aromatic rings. The van der Waals surface area contributed by atoms with Crippen molar-refractivity contribution in [2.75, 3.05) is 78.5 Å². The van der Waals surface area contributed by atoms with Crippen LogP contribution in [0.5, 0.6) is 0 Å². The number of hydrogen-bond donors (Lipinski definition) is 0. The maximum atomic E-state index is 13.3. The average Bonchev–Trinajstić information content (AvgIpc) is 2.69. The van der Waals surface area contributed by atoms with Crippen LogP contribution in [-0.4, -0.2) is 138 Å². The molecule has 224 valence electrons. The number of amides is 1. The number of hydrogen-bond acceptors (Lipinski definition) is 9. The van der Waals surface area contributed by atoms with Crippen molar-refractivity contribution in [3.63, 3.8) is 0 Å². The van der Waals surface area contributed by atoms with E-state index < -0.39 is 16.8 Å². The third-order valence-electron chi connectivity index (χ3n) is 6.41. The van der Waals surface area contributed by atoms with Gasteiger partial charge < -0.3 is 23.6 Å². The van der Waals surface area contributed by atoms with Crippen LogP contribution in [0.1, 0.15) is 62.3 Å². The molecular formula is C28H51N4O7+. The number of nitrogens with zero attached hydrogens (tertiary/aromatic N) is 4. The Morgan fingerprint density at radius 3 is 1.51 bits per heavy atom. The molecule has 0 spiro atoms. The zero-order chi connectivity index (χ0) is 29.6. The topological polar surface area (TPSA) is 106 Å². The molecule has 2 bridgehead atoms. The maximum absolute atomic E-state index is 13.3. The van der Waals surface area contributed by atoms with Crippen LogP contribution in [0.15, 0.2) is 0 Å². The van der Waals surface area contributed by atoms with Gasteiger partial charge in [-0.15, -0.1) is 0 Å². The highest BCUT2D eigenvalue weighted by Crippen LogP contribution is 2.18. The third kappa shape index (κ3) is 12.7. The highest BCUT2D eigenvalue weighted by molar-refractivity contribution is 5.79. The summed E-state index contributed by atoms with van der Waals surface area (Å²) >= 11 is 0. The summed E-state index contributed by atoms with van der Waals surface area (Å²) in [5.41, 5.74) is -1.82. The summed E-state index contributed by atoms with van der Waals surface area (Å²) in [7, 11) is 0. The highest BCUT2D eigenvalue weighted by atomic mass is 16.6. The Morgan fingerprint density at radius 2 is 1.05 bits per heavy atom. The van der Waals surface area contributed by atoms with E-state index in [1.165, 1.54) is 0 Å². The molecule has 0 aromatic heterocycles. The molecule has 3 saturated heterocycles. The molecule has 3 fully saturated rings. The Morgan fingerprint density at radius 1 is 0.641 bits per heavy atom. The largest absolute Gasteiger partial charge is 0.459 e. The zero-order valence-electron chi connectivity index (χ0n) is 25.6. The molecule has 0 saturated carbocycles. The summed E-state index contributed by atoms with van der Waals surface area (Å²) in [6.45, 7) is 21.0. The van der Waals surface area contributed by atoms with E-state index in [0.29, 0.717) is 52.4 Å². The smallest absolute Gasteiger partial charge is 0.362 e. The molecule has 0 aliphatic carbocycles. The summed E-state index contributed by atoms with van der Waals surface area (Å²) in [6.07, 6.45) is 0. The Bertz CT molecular complexity index is 886. The molecule has 1 amide bonds. The van der Waals surface area contributed by atoms with Crippen molar-refractivity contribution in [3.05, 3.63) is 0 Å². The Kier molecular flexibility index (Phi) is 10.9. The van der Waals surface area contributed by atoms with Crippen molar-refractivity contribution in [1.82, 2.24) is 14.7 Å². The average molecular weight is 556 g/mol. The van der Waals surface area contributed by atoms with Crippen LogP contribution in [0, 0.1) is 0 Å². The number of carbonyl (C=O) groups is 4. The molecule has 3 aliphatic rings. The van der Waals surface area contributed by atoms with Gasteiger partial charge in [0.1, 0.15) is 16.8 Å². The van der Waals surface area contributed by atoms with E-state index >= 15 is 0 Å². The number of piperazine rings is 1. The predicted molar refractivity (Wildman–Crippen MR) is 147 cm³/mol. The van der Waals surface area contributed by atoms with Crippen molar-refractivity contribution in [2.24, 2.45) is 0 Å². The van der Waals surface area contributed by atoms with Gasteiger partial charge in [0.2, 0.25) is 0 Å². The lowest BCUT2D eigenvalue weighted by Gasteiger charge is -2.45. The van der Waals surface area contributed by atoms with Crippen molar-refractivity contribution < 1.29 is 37.9 Å². The number of ether oxygens (including phenoxy) is 3. The maximum Gasteiger partial charge on any atom is 0.362 e. The lowest BCUT2D eigenvalue weighted by molar-refractivity contribution is -0.916. The van der Waals surface area contributed by atoms with E-state index in [4.69, 9.17) is 14.2 Å².